The number of aliphatic carboxylic acids is 1. The van der Waals surface area contributed by atoms with E-state index in [-0.39, 0.29) is 23.8 Å². The van der Waals surface area contributed by atoms with E-state index >= 15 is 0 Å². The van der Waals surface area contributed by atoms with Gasteiger partial charge in [0.1, 0.15) is 0 Å². The maximum absolute atomic E-state index is 11.8. The van der Waals surface area contributed by atoms with Crippen molar-refractivity contribution in [3.63, 3.8) is 0 Å². The molecule has 2 unspecified atom stereocenters. The van der Waals surface area contributed by atoms with Crippen molar-refractivity contribution in [2.24, 2.45) is 17.3 Å². The van der Waals surface area contributed by atoms with Crippen LogP contribution in [0.15, 0.2) is 0 Å². The van der Waals surface area contributed by atoms with Gasteiger partial charge < -0.3 is 15.2 Å². The van der Waals surface area contributed by atoms with Crippen molar-refractivity contribution >= 4 is 11.9 Å². The average molecular weight is 257 g/mol. The minimum atomic E-state index is -0.854. The van der Waals surface area contributed by atoms with Gasteiger partial charge in [-0.25, -0.2) is 0 Å². The molecule has 2 atom stereocenters. The third-order valence-corrected chi connectivity index (χ3v) is 3.03. The number of ether oxygens (including phenoxy) is 1. The highest BCUT2D eigenvalue weighted by molar-refractivity contribution is 5.80. The third-order valence-electron chi connectivity index (χ3n) is 3.03. The summed E-state index contributed by atoms with van der Waals surface area (Å²) in [6, 6.07) is 0. The summed E-state index contributed by atoms with van der Waals surface area (Å²) in [6.45, 7) is 7.24. The van der Waals surface area contributed by atoms with Crippen LogP contribution in [0.3, 0.4) is 0 Å². The smallest absolute Gasteiger partial charge is 0.308 e. The predicted molar refractivity (Wildman–Crippen MR) is 67.1 cm³/mol. The Morgan fingerprint density at radius 3 is 2.56 bits per heavy atom. The Kier molecular flexibility index (Phi) is 5.14. The van der Waals surface area contributed by atoms with Gasteiger partial charge in [0.15, 0.2) is 0 Å². The first-order chi connectivity index (χ1) is 8.29. The Hall–Kier alpha value is -1.10. The molecule has 1 heterocycles. The van der Waals surface area contributed by atoms with E-state index in [1.54, 1.807) is 0 Å². The molecule has 0 aromatic heterocycles. The van der Waals surface area contributed by atoms with E-state index in [9.17, 15) is 9.59 Å². The zero-order valence-electron chi connectivity index (χ0n) is 11.4. The van der Waals surface area contributed by atoms with Crippen LogP contribution in [0.1, 0.15) is 33.6 Å². The number of carbonyl (C=O) groups excluding carboxylic acids is 1. The number of amides is 1. The fourth-order valence-electron chi connectivity index (χ4n) is 2.10. The fourth-order valence-corrected chi connectivity index (χ4v) is 2.10. The Morgan fingerprint density at radius 2 is 2.11 bits per heavy atom. The standard InChI is InChI=1S/C13H23NO4/c1-13(2,3)6-10(12(16)17)7-14-11(15)9-4-5-18-8-9/h9-10H,4-8H2,1-3H3,(H,14,15)(H,16,17). The van der Waals surface area contributed by atoms with Crippen LogP contribution in [0.2, 0.25) is 0 Å². The van der Waals surface area contributed by atoms with Crippen molar-refractivity contribution in [1.29, 1.82) is 0 Å². The number of hydrogen-bond donors (Lipinski definition) is 2. The van der Waals surface area contributed by atoms with Gasteiger partial charge in [-0.05, 0) is 18.3 Å². The Morgan fingerprint density at radius 1 is 1.44 bits per heavy atom. The van der Waals surface area contributed by atoms with E-state index in [2.05, 4.69) is 5.32 Å². The van der Waals surface area contributed by atoms with Crippen LogP contribution in [0.25, 0.3) is 0 Å². The molecule has 2 N–H and O–H groups in total. The van der Waals surface area contributed by atoms with E-state index in [0.717, 1.165) is 6.42 Å². The lowest BCUT2D eigenvalue weighted by atomic mass is 9.84. The molecule has 1 amide bonds. The van der Waals surface area contributed by atoms with Crippen molar-refractivity contribution in [3.8, 4) is 0 Å². The van der Waals surface area contributed by atoms with Gasteiger partial charge >= 0.3 is 5.97 Å². The minimum absolute atomic E-state index is 0.0652. The summed E-state index contributed by atoms with van der Waals surface area (Å²) in [6.07, 6.45) is 1.27. The molecule has 5 heteroatoms. The zero-order chi connectivity index (χ0) is 13.8. The summed E-state index contributed by atoms with van der Waals surface area (Å²) in [5.41, 5.74) is -0.0652. The Bertz CT molecular complexity index is 303. The molecular weight excluding hydrogens is 234 g/mol. The molecule has 5 nitrogen and oxygen atoms in total. The van der Waals surface area contributed by atoms with Gasteiger partial charge in [0.05, 0.1) is 18.4 Å². The van der Waals surface area contributed by atoms with Crippen molar-refractivity contribution in [1.82, 2.24) is 5.32 Å². The first-order valence-corrected chi connectivity index (χ1v) is 6.38. The number of carbonyl (C=O) groups is 2. The minimum Gasteiger partial charge on any atom is -0.481 e. The van der Waals surface area contributed by atoms with Crippen molar-refractivity contribution < 1.29 is 19.4 Å². The molecule has 0 bridgehead atoms. The summed E-state index contributed by atoms with van der Waals surface area (Å²) >= 11 is 0. The number of carboxylic acid groups (broad SMARTS) is 1. The van der Waals surface area contributed by atoms with Crippen molar-refractivity contribution in [2.75, 3.05) is 19.8 Å². The van der Waals surface area contributed by atoms with Crippen molar-refractivity contribution in [2.45, 2.75) is 33.6 Å². The van der Waals surface area contributed by atoms with E-state index in [0.29, 0.717) is 19.6 Å². The van der Waals surface area contributed by atoms with Crippen LogP contribution in [0.5, 0.6) is 0 Å². The second-order valence-corrected chi connectivity index (χ2v) is 6.11. The average Bonchev–Trinajstić information content (AvgIpc) is 2.75. The fraction of sp³-hybridized carbons (Fsp3) is 0.846. The number of rotatable bonds is 5. The second kappa shape index (κ2) is 6.18. The summed E-state index contributed by atoms with van der Waals surface area (Å²) in [4.78, 5) is 22.9. The lowest BCUT2D eigenvalue weighted by molar-refractivity contribution is -0.142. The highest BCUT2D eigenvalue weighted by Gasteiger charge is 2.27. The SMILES string of the molecule is CC(C)(C)CC(CNC(=O)C1CCOC1)C(=O)O. The summed E-state index contributed by atoms with van der Waals surface area (Å²) in [7, 11) is 0. The number of carboxylic acids is 1. The molecule has 1 aliphatic rings. The summed E-state index contributed by atoms with van der Waals surface area (Å²) < 4.78 is 5.14. The van der Waals surface area contributed by atoms with Gasteiger partial charge in [-0.2, -0.15) is 0 Å². The quantitative estimate of drug-likeness (QED) is 0.778. The van der Waals surface area contributed by atoms with E-state index in [1.807, 2.05) is 20.8 Å². The topological polar surface area (TPSA) is 75.6 Å². The Balaban J connectivity index is 2.42. The molecule has 104 valence electrons. The Labute approximate surface area is 108 Å². The second-order valence-electron chi connectivity index (χ2n) is 6.11. The van der Waals surface area contributed by atoms with Gasteiger partial charge in [0.2, 0.25) is 5.91 Å². The molecule has 1 rings (SSSR count). The normalized spacial score (nSPS) is 21.6. The van der Waals surface area contributed by atoms with Crippen LogP contribution in [-0.2, 0) is 14.3 Å². The molecule has 0 aromatic rings. The number of hydrogen-bond acceptors (Lipinski definition) is 3. The van der Waals surface area contributed by atoms with Crippen LogP contribution in [0, 0.1) is 17.3 Å². The largest absolute Gasteiger partial charge is 0.481 e. The van der Waals surface area contributed by atoms with Gasteiger partial charge in [0.25, 0.3) is 0 Å². The monoisotopic (exact) mass is 257 g/mol. The lowest BCUT2D eigenvalue weighted by Crippen LogP contribution is -2.38. The van der Waals surface area contributed by atoms with Gasteiger partial charge in [-0.15, -0.1) is 0 Å². The number of nitrogens with one attached hydrogen (secondary N) is 1. The van der Waals surface area contributed by atoms with Crippen molar-refractivity contribution in [3.05, 3.63) is 0 Å². The lowest BCUT2D eigenvalue weighted by Gasteiger charge is -2.23. The van der Waals surface area contributed by atoms with Crippen LogP contribution in [0.4, 0.5) is 0 Å². The first kappa shape index (κ1) is 15.0. The van der Waals surface area contributed by atoms with E-state index < -0.39 is 11.9 Å². The van der Waals surface area contributed by atoms with E-state index in [1.165, 1.54) is 0 Å². The summed E-state index contributed by atoms with van der Waals surface area (Å²) in [5.74, 6) is -1.59. The molecule has 1 aliphatic heterocycles. The third kappa shape index (κ3) is 5.04. The van der Waals surface area contributed by atoms with Gasteiger partial charge in [-0.1, -0.05) is 20.8 Å². The summed E-state index contributed by atoms with van der Waals surface area (Å²) in [5, 5.41) is 11.9. The highest BCUT2D eigenvalue weighted by Crippen LogP contribution is 2.24. The first-order valence-electron chi connectivity index (χ1n) is 6.38. The molecule has 18 heavy (non-hydrogen) atoms. The molecular formula is C13H23NO4. The van der Waals surface area contributed by atoms with Gasteiger partial charge in [-0.3, -0.25) is 9.59 Å². The maximum Gasteiger partial charge on any atom is 0.308 e. The van der Waals surface area contributed by atoms with E-state index in [4.69, 9.17) is 9.84 Å². The molecule has 0 radical (unpaired) electrons. The highest BCUT2D eigenvalue weighted by atomic mass is 16.5. The molecule has 1 saturated heterocycles. The molecule has 0 saturated carbocycles. The molecule has 1 fully saturated rings. The zero-order valence-corrected chi connectivity index (χ0v) is 11.4. The molecule has 0 spiro atoms. The van der Waals surface area contributed by atoms with Crippen LogP contribution < -0.4 is 5.32 Å². The van der Waals surface area contributed by atoms with Crippen LogP contribution >= 0.6 is 0 Å². The maximum atomic E-state index is 11.8. The molecule has 0 aliphatic carbocycles. The molecule has 0 aromatic carbocycles. The van der Waals surface area contributed by atoms with Gasteiger partial charge in [0, 0.05) is 13.2 Å². The van der Waals surface area contributed by atoms with Crippen LogP contribution in [-0.4, -0.2) is 36.7 Å². The predicted octanol–water partition coefficient (Wildman–Crippen LogP) is 1.28.